The lowest BCUT2D eigenvalue weighted by atomic mass is 10.2. The highest BCUT2D eigenvalue weighted by molar-refractivity contribution is 7.14. The summed E-state index contributed by atoms with van der Waals surface area (Å²) in [5.41, 5.74) is 1.18. The minimum Gasteiger partial charge on any atom is -0.298 e. The van der Waals surface area contributed by atoms with Crippen molar-refractivity contribution < 1.29 is 13.6 Å². The molecule has 24 heavy (non-hydrogen) atoms. The second-order valence-corrected chi connectivity index (χ2v) is 6.42. The molecule has 0 aliphatic carbocycles. The van der Waals surface area contributed by atoms with E-state index in [2.05, 4.69) is 10.3 Å². The van der Waals surface area contributed by atoms with E-state index in [4.69, 9.17) is 23.2 Å². The first-order chi connectivity index (χ1) is 11.4. The van der Waals surface area contributed by atoms with Crippen molar-refractivity contribution in [3.63, 3.8) is 0 Å². The van der Waals surface area contributed by atoms with Gasteiger partial charge in [-0.3, -0.25) is 10.1 Å². The van der Waals surface area contributed by atoms with E-state index in [9.17, 15) is 13.6 Å². The zero-order chi connectivity index (χ0) is 17.3. The number of carbonyl (C=O) groups is 1. The highest BCUT2D eigenvalue weighted by atomic mass is 35.5. The van der Waals surface area contributed by atoms with Crippen LogP contribution in [0.1, 0.15) is 10.4 Å². The molecule has 122 valence electrons. The molecule has 3 nitrogen and oxygen atoms in total. The van der Waals surface area contributed by atoms with Crippen molar-refractivity contribution >= 4 is 45.6 Å². The first-order valence-corrected chi connectivity index (χ1v) is 8.25. The molecule has 0 fully saturated rings. The number of hydrogen-bond donors (Lipinski definition) is 1. The molecular weight excluding hydrogens is 377 g/mol. The molecule has 1 heterocycles. The van der Waals surface area contributed by atoms with Gasteiger partial charge in [0.1, 0.15) is 0 Å². The highest BCUT2D eigenvalue weighted by Gasteiger charge is 2.12. The van der Waals surface area contributed by atoms with Crippen molar-refractivity contribution in [2.45, 2.75) is 0 Å². The SMILES string of the molecule is O=C(Nc1nc(-c2ccc(F)c(F)c2)cs1)c1ccc(Cl)c(Cl)c1. The summed E-state index contributed by atoms with van der Waals surface area (Å²) in [4.78, 5) is 16.4. The molecule has 0 bridgehead atoms. The number of anilines is 1. The Morgan fingerprint density at radius 2 is 1.83 bits per heavy atom. The van der Waals surface area contributed by atoms with E-state index >= 15 is 0 Å². The number of thiazole rings is 1. The van der Waals surface area contributed by atoms with Gasteiger partial charge in [-0.2, -0.15) is 0 Å². The first kappa shape index (κ1) is 16.8. The van der Waals surface area contributed by atoms with E-state index in [0.717, 1.165) is 12.1 Å². The maximum absolute atomic E-state index is 13.3. The molecule has 0 unspecified atom stereocenters. The number of aromatic nitrogens is 1. The Balaban J connectivity index is 1.79. The Bertz CT molecular complexity index is 930. The molecule has 8 heteroatoms. The van der Waals surface area contributed by atoms with Gasteiger partial charge >= 0.3 is 0 Å². The molecule has 3 aromatic rings. The average Bonchev–Trinajstić information content (AvgIpc) is 3.01. The quantitative estimate of drug-likeness (QED) is 0.633. The van der Waals surface area contributed by atoms with Gasteiger partial charge in [-0.25, -0.2) is 13.8 Å². The van der Waals surface area contributed by atoms with E-state index < -0.39 is 17.5 Å². The van der Waals surface area contributed by atoms with E-state index in [1.54, 1.807) is 5.38 Å². The summed E-state index contributed by atoms with van der Waals surface area (Å²) in [5.74, 6) is -2.29. The summed E-state index contributed by atoms with van der Waals surface area (Å²) in [6.45, 7) is 0. The summed E-state index contributed by atoms with van der Waals surface area (Å²) in [6, 6.07) is 7.99. The van der Waals surface area contributed by atoms with E-state index in [1.165, 1.54) is 35.6 Å². The normalized spacial score (nSPS) is 10.7. The lowest BCUT2D eigenvalue weighted by Gasteiger charge is -2.03. The zero-order valence-corrected chi connectivity index (χ0v) is 14.1. The van der Waals surface area contributed by atoms with Gasteiger partial charge in [-0.1, -0.05) is 23.2 Å². The molecule has 2 aromatic carbocycles. The Hall–Kier alpha value is -2.02. The lowest BCUT2D eigenvalue weighted by Crippen LogP contribution is -2.11. The zero-order valence-electron chi connectivity index (χ0n) is 11.8. The number of rotatable bonds is 3. The molecule has 0 saturated carbocycles. The Morgan fingerprint density at radius 1 is 1.04 bits per heavy atom. The van der Waals surface area contributed by atoms with Crippen molar-refractivity contribution in [3.8, 4) is 11.3 Å². The van der Waals surface area contributed by atoms with Gasteiger partial charge in [-0.05, 0) is 36.4 Å². The van der Waals surface area contributed by atoms with Crippen LogP contribution in [0, 0.1) is 11.6 Å². The summed E-state index contributed by atoms with van der Waals surface area (Å²) >= 11 is 12.9. The van der Waals surface area contributed by atoms with Gasteiger partial charge < -0.3 is 0 Å². The average molecular weight is 385 g/mol. The Labute approximate surface area is 149 Å². The molecule has 1 amide bonds. The molecule has 0 spiro atoms. The van der Waals surface area contributed by atoms with Gasteiger partial charge in [-0.15, -0.1) is 11.3 Å². The van der Waals surface area contributed by atoms with Crippen molar-refractivity contribution in [2.24, 2.45) is 0 Å². The molecule has 1 N–H and O–H groups in total. The van der Waals surface area contributed by atoms with Crippen LogP contribution in [0.4, 0.5) is 13.9 Å². The number of carbonyl (C=O) groups excluding carboxylic acids is 1. The first-order valence-electron chi connectivity index (χ1n) is 6.61. The van der Waals surface area contributed by atoms with Gasteiger partial charge in [0, 0.05) is 16.5 Å². The number of nitrogens with one attached hydrogen (secondary N) is 1. The number of hydrogen-bond acceptors (Lipinski definition) is 3. The summed E-state index contributed by atoms with van der Waals surface area (Å²) < 4.78 is 26.3. The van der Waals surface area contributed by atoms with E-state index in [0.29, 0.717) is 27.0 Å². The molecule has 0 aliphatic heterocycles. The molecule has 1 aromatic heterocycles. The standard InChI is InChI=1S/C16H8Cl2F2N2OS/c17-10-3-1-9(5-11(10)18)15(23)22-16-21-14(7-24-16)8-2-4-12(19)13(20)6-8/h1-7H,(H,21,22,23). The van der Waals surface area contributed by atoms with Crippen LogP contribution >= 0.6 is 34.5 Å². The Kier molecular flexibility index (Phi) is 4.80. The van der Waals surface area contributed by atoms with Crippen LogP contribution in [0.2, 0.25) is 10.0 Å². The highest BCUT2D eigenvalue weighted by Crippen LogP contribution is 2.27. The van der Waals surface area contributed by atoms with E-state index in [-0.39, 0.29) is 5.02 Å². The van der Waals surface area contributed by atoms with Gasteiger partial charge in [0.25, 0.3) is 5.91 Å². The third-order valence-electron chi connectivity index (χ3n) is 3.12. The van der Waals surface area contributed by atoms with Crippen molar-refractivity contribution in [3.05, 3.63) is 69.0 Å². The molecular formula is C16H8Cl2F2N2OS. The monoisotopic (exact) mass is 384 g/mol. The fourth-order valence-electron chi connectivity index (χ4n) is 1.93. The van der Waals surface area contributed by atoms with Crippen LogP contribution in [-0.2, 0) is 0 Å². The molecule has 0 atom stereocenters. The van der Waals surface area contributed by atoms with Crippen molar-refractivity contribution in [1.29, 1.82) is 0 Å². The number of amides is 1. The van der Waals surface area contributed by atoms with E-state index in [1.807, 2.05) is 0 Å². The van der Waals surface area contributed by atoms with Crippen molar-refractivity contribution in [1.82, 2.24) is 4.98 Å². The van der Waals surface area contributed by atoms with Crippen LogP contribution in [0.15, 0.2) is 41.8 Å². The third kappa shape index (κ3) is 3.56. The molecule has 0 saturated heterocycles. The van der Waals surface area contributed by atoms with Crippen LogP contribution in [-0.4, -0.2) is 10.9 Å². The van der Waals surface area contributed by atoms with Crippen LogP contribution in [0.25, 0.3) is 11.3 Å². The fourth-order valence-corrected chi connectivity index (χ4v) is 2.94. The number of halogens is 4. The summed E-state index contributed by atoms with van der Waals surface area (Å²) in [6.07, 6.45) is 0. The van der Waals surface area contributed by atoms with Gasteiger partial charge in [0.2, 0.25) is 0 Å². The molecule has 3 rings (SSSR count). The van der Waals surface area contributed by atoms with Gasteiger partial charge in [0.05, 0.1) is 15.7 Å². The number of nitrogens with zero attached hydrogens (tertiary/aromatic N) is 1. The van der Waals surface area contributed by atoms with Crippen LogP contribution in [0.5, 0.6) is 0 Å². The molecule has 0 radical (unpaired) electrons. The summed E-state index contributed by atoms with van der Waals surface area (Å²) in [5, 5.41) is 5.20. The fraction of sp³-hybridized carbons (Fsp3) is 0. The minimum absolute atomic E-state index is 0.269. The Morgan fingerprint density at radius 3 is 2.54 bits per heavy atom. The van der Waals surface area contributed by atoms with Gasteiger partial charge in [0.15, 0.2) is 16.8 Å². The largest absolute Gasteiger partial charge is 0.298 e. The lowest BCUT2D eigenvalue weighted by molar-refractivity contribution is 0.102. The second-order valence-electron chi connectivity index (χ2n) is 4.75. The number of benzene rings is 2. The molecule has 0 aliphatic rings. The predicted molar refractivity (Wildman–Crippen MR) is 91.9 cm³/mol. The van der Waals surface area contributed by atoms with Crippen LogP contribution < -0.4 is 5.32 Å². The summed E-state index contributed by atoms with van der Waals surface area (Å²) in [7, 11) is 0. The third-order valence-corrected chi connectivity index (χ3v) is 4.62. The van der Waals surface area contributed by atoms with Crippen LogP contribution in [0.3, 0.4) is 0 Å². The second kappa shape index (κ2) is 6.84. The topological polar surface area (TPSA) is 42.0 Å². The maximum Gasteiger partial charge on any atom is 0.257 e. The van der Waals surface area contributed by atoms with Crippen molar-refractivity contribution in [2.75, 3.05) is 5.32 Å². The predicted octanol–water partition coefficient (Wildman–Crippen LogP) is 5.65. The maximum atomic E-state index is 13.3. The smallest absolute Gasteiger partial charge is 0.257 e. The minimum atomic E-state index is -0.957.